The highest BCUT2D eigenvalue weighted by Crippen LogP contribution is 2.61. The molecule has 2 saturated carbocycles. The smallest absolute Gasteiger partial charge is 0.0708 e. The second kappa shape index (κ2) is 6.92. The summed E-state index contributed by atoms with van der Waals surface area (Å²) in [6.07, 6.45) is 19.1. The Morgan fingerprint density at radius 1 is 0.968 bits per heavy atom. The van der Waals surface area contributed by atoms with Crippen molar-refractivity contribution in [2.24, 2.45) is 0 Å². The molecule has 2 fully saturated rings. The fourth-order valence-electron chi connectivity index (χ4n) is 7.49. The van der Waals surface area contributed by atoms with Gasteiger partial charge in [-0.05, 0) is 103 Å². The number of benzene rings is 1. The van der Waals surface area contributed by atoms with E-state index in [0.717, 1.165) is 18.8 Å². The molecule has 1 aromatic heterocycles. The van der Waals surface area contributed by atoms with Gasteiger partial charge in [0.1, 0.15) is 0 Å². The molecule has 6 rings (SSSR count). The Hall–Kier alpha value is -2.15. The van der Waals surface area contributed by atoms with E-state index in [2.05, 4.69) is 69.3 Å². The fourth-order valence-corrected chi connectivity index (χ4v) is 7.49. The van der Waals surface area contributed by atoms with Crippen LogP contribution in [0.2, 0.25) is 0 Å². The number of rotatable bonds is 5. The van der Waals surface area contributed by atoms with Gasteiger partial charge in [-0.15, -0.1) is 0 Å². The van der Waals surface area contributed by atoms with Crippen LogP contribution in [0.3, 0.4) is 0 Å². The summed E-state index contributed by atoms with van der Waals surface area (Å²) in [5.74, 6) is 1.45. The molecule has 1 nitrogen and oxygen atoms in total. The average Bonchev–Trinajstić information content (AvgIpc) is 3.51. The molecular weight excluding hydrogens is 374 g/mol. The van der Waals surface area contributed by atoms with Gasteiger partial charge in [-0.25, -0.2) is 0 Å². The summed E-state index contributed by atoms with van der Waals surface area (Å²) in [5, 5.41) is 0. The third-order valence-electron chi connectivity index (χ3n) is 8.98. The van der Waals surface area contributed by atoms with Crippen molar-refractivity contribution in [3.05, 3.63) is 76.5 Å². The predicted molar refractivity (Wildman–Crippen MR) is 130 cm³/mol. The third-order valence-corrected chi connectivity index (χ3v) is 8.98. The van der Waals surface area contributed by atoms with Crippen LogP contribution in [0, 0.1) is 0 Å². The topological polar surface area (TPSA) is 12.9 Å². The first-order valence-corrected chi connectivity index (χ1v) is 12.5. The van der Waals surface area contributed by atoms with E-state index in [4.69, 9.17) is 4.98 Å². The molecule has 31 heavy (non-hydrogen) atoms. The lowest BCUT2D eigenvalue weighted by Crippen LogP contribution is -2.18. The zero-order chi connectivity index (χ0) is 21.2. The van der Waals surface area contributed by atoms with Gasteiger partial charge in [-0.2, -0.15) is 0 Å². The maximum absolute atomic E-state index is 5.31. The second-order valence-electron chi connectivity index (χ2n) is 11.2. The molecule has 4 unspecified atom stereocenters. The van der Waals surface area contributed by atoms with Crippen LogP contribution in [-0.2, 0) is 17.3 Å². The molecule has 0 aliphatic heterocycles. The highest BCUT2D eigenvalue weighted by Gasteiger charge is 2.52. The molecule has 0 spiro atoms. The molecule has 0 amide bonds. The van der Waals surface area contributed by atoms with Crippen molar-refractivity contribution < 1.29 is 0 Å². The van der Waals surface area contributed by atoms with E-state index >= 15 is 0 Å². The first-order valence-electron chi connectivity index (χ1n) is 12.5. The number of fused-ring (bicyclic) bond motifs is 10. The number of aromatic nitrogens is 1. The van der Waals surface area contributed by atoms with Crippen LogP contribution in [-0.4, -0.2) is 4.98 Å². The van der Waals surface area contributed by atoms with Gasteiger partial charge in [0.2, 0.25) is 0 Å². The number of hydrogen-bond donors (Lipinski definition) is 0. The summed E-state index contributed by atoms with van der Waals surface area (Å²) < 4.78 is 0. The minimum atomic E-state index is 0.368. The third kappa shape index (κ3) is 2.92. The minimum absolute atomic E-state index is 0.368. The SMILES string of the molecule is CC/C=C\C=C/Cc1cc(-c2ccc3c(c2)C2(C)CCC3(C)C2)nc2c1C1CCC2C1. The van der Waals surface area contributed by atoms with Gasteiger partial charge in [-0.3, -0.25) is 4.98 Å². The summed E-state index contributed by atoms with van der Waals surface area (Å²) in [5.41, 5.74) is 11.1. The number of nitrogens with zero attached hydrogens (tertiary/aromatic N) is 1. The first kappa shape index (κ1) is 19.5. The van der Waals surface area contributed by atoms with Crippen LogP contribution in [0.15, 0.2) is 48.6 Å². The van der Waals surface area contributed by atoms with Crippen molar-refractivity contribution >= 4 is 0 Å². The molecule has 160 valence electrons. The molecule has 4 aliphatic rings. The Morgan fingerprint density at radius 3 is 2.58 bits per heavy atom. The normalized spacial score (nSPS) is 32.5. The van der Waals surface area contributed by atoms with Gasteiger partial charge in [0.15, 0.2) is 0 Å². The fraction of sp³-hybridized carbons (Fsp3) is 0.500. The molecule has 0 N–H and O–H groups in total. The van der Waals surface area contributed by atoms with Gasteiger partial charge < -0.3 is 0 Å². The lowest BCUT2D eigenvalue weighted by molar-refractivity contribution is 0.484. The van der Waals surface area contributed by atoms with Gasteiger partial charge in [0.05, 0.1) is 5.69 Å². The summed E-state index contributed by atoms with van der Waals surface area (Å²) in [7, 11) is 0. The van der Waals surface area contributed by atoms with Crippen molar-refractivity contribution in [3.8, 4) is 11.3 Å². The minimum Gasteiger partial charge on any atom is -0.252 e. The Morgan fingerprint density at radius 2 is 1.74 bits per heavy atom. The van der Waals surface area contributed by atoms with Gasteiger partial charge in [0.25, 0.3) is 0 Å². The van der Waals surface area contributed by atoms with E-state index in [1.807, 2.05) is 0 Å². The van der Waals surface area contributed by atoms with Gasteiger partial charge >= 0.3 is 0 Å². The first-order chi connectivity index (χ1) is 15.0. The van der Waals surface area contributed by atoms with E-state index in [-0.39, 0.29) is 0 Å². The molecule has 0 saturated heterocycles. The highest BCUT2D eigenvalue weighted by molar-refractivity contribution is 5.67. The average molecular weight is 410 g/mol. The van der Waals surface area contributed by atoms with Crippen LogP contribution < -0.4 is 0 Å². The maximum Gasteiger partial charge on any atom is 0.0708 e. The number of allylic oxidation sites excluding steroid dienone is 4. The van der Waals surface area contributed by atoms with Crippen molar-refractivity contribution in [1.29, 1.82) is 0 Å². The molecule has 1 heteroatoms. The number of hydrogen-bond acceptors (Lipinski definition) is 1. The van der Waals surface area contributed by atoms with E-state index < -0.39 is 0 Å². The maximum atomic E-state index is 5.31. The molecule has 0 radical (unpaired) electrons. The molecular formula is C30H35N. The monoisotopic (exact) mass is 409 g/mol. The van der Waals surface area contributed by atoms with Crippen molar-refractivity contribution in [2.45, 2.75) is 94.8 Å². The van der Waals surface area contributed by atoms with Crippen LogP contribution in [0.25, 0.3) is 11.3 Å². The summed E-state index contributed by atoms with van der Waals surface area (Å²) in [6.45, 7) is 7.15. The molecule has 4 atom stereocenters. The lowest BCUT2D eigenvalue weighted by Gasteiger charge is -2.27. The Balaban J connectivity index is 1.41. The van der Waals surface area contributed by atoms with Gasteiger partial charge in [-0.1, -0.05) is 57.2 Å². The van der Waals surface area contributed by atoms with E-state index in [1.54, 1.807) is 16.7 Å². The van der Waals surface area contributed by atoms with E-state index in [9.17, 15) is 0 Å². The largest absolute Gasteiger partial charge is 0.252 e. The quantitative estimate of drug-likeness (QED) is 0.457. The van der Waals surface area contributed by atoms with Crippen LogP contribution in [0.1, 0.15) is 106 Å². The van der Waals surface area contributed by atoms with E-state index in [0.29, 0.717) is 16.7 Å². The molecule has 1 heterocycles. The Kier molecular flexibility index (Phi) is 4.36. The lowest BCUT2D eigenvalue weighted by atomic mass is 9.77. The summed E-state index contributed by atoms with van der Waals surface area (Å²) >= 11 is 0. The van der Waals surface area contributed by atoms with Crippen LogP contribution >= 0.6 is 0 Å². The molecule has 4 bridgehead atoms. The highest BCUT2D eigenvalue weighted by atomic mass is 14.8. The van der Waals surface area contributed by atoms with Crippen molar-refractivity contribution in [3.63, 3.8) is 0 Å². The summed E-state index contributed by atoms with van der Waals surface area (Å²) in [4.78, 5) is 5.31. The zero-order valence-corrected chi connectivity index (χ0v) is 19.4. The second-order valence-corrected chi connectivity index (χ2v) is 11.2. The van der Waals surface area contributed by atoms with Crippen LogP contribution in [0.4, 0.5) is 0 Å². The predicted octanol–water partition coefficient (Wildman–Crippen LogP) is 7.89. The Labute approximate surface area is 187 Å². The molecule has 4 aliphatic carbocycles. The molecule has 2 aromatic rings. The van der Waals surface area contributed by atoms with E-state index in [1.165, 1.54) is 61.0 Å². The van der Waals surface area contributed by atoms with Gasteiger partial charge in [0, 0.05) is 17.2 Å². The summed E-state index contributed by atoms with van der Waals surface area (Å²) in [6, 6.07) is 9.72. The zero-order valence-electron chi connectivity index (χ0n) is 19.4. The number of pyridine rings is 1. The Bertz CT molecular complexity index is 1110. The van der Waals surface area contributed by atoms with Crippen LogP contribution in [0.5, 0.6) is 0 Å². The standard InChI is InChI=1S/C30H35N/c1-4-5-6-7-8-9-21-18-26(31-28-23-11-10-22(16-23)27(21)28)20-12-13-24-25(17-20)30(3)15-14-29(24,2)19-30/h5-8,12-13,17-18,22-23H,4,9-11,14-16,19H2,1-3H3/b6-5-,8-7-. The van der Waals surface area contributed by atoms with Crippen molar-refractivity contribution in [1.82, 2.24) is 4.98 Å². The molecule has 1 aromatic carbocycles. The van der Waals surface area contributed by atoms with Crippen molar-refractivity contribution in [2.75, 3.05) is 0 Å².